The van der Waals surface area contributed by atoms with Crippen LogP contribution in [0.3, 0.4) is 0 Å². The van der Waals surface area contributed by atoms with Gasteiger partial charge < -0.3 is 4.74 Å². The molecule has 19 heavy (non-hydrogen) atoms. The lowest BCUT2D eigenvalue weighted by Crippen LogP contribution is -1.98. The van der Waals surface area contributed by atoms with Crippen molar-refractivity contribution < 1.29 is 4.74 Å². The van der Waals surface area contributed by atoms with E-state index in [2.05, 4.69) is 37.8 Å². The molecule has 0 N–H and O–H groups in total. The summed E-state index contributed by atoms with van der Waals surface area (Å²) in [5.41, 5.74) is 1.17. The van der Waals surface area contributed by atoms with E-state index in [4.69, 9.17) is 4.74 Å². The van der Waals surface area contributed by atoms with Crippen molar-refractivity contribution in [2.45, 2.75) is 46.5 Å². The van der Waals surface area contributed by atoms with Crippen molar-refractivity contribution >= 4 is 0 Å². The van der Waals surface area contributed by atoms with E-state index in [-0.39, 0.29) is 0 Å². The van der Waals surface area contributed by atoms with Gasteiger partial charge in [0.1, 0.15) is 6.61 Å². The third-order valence-corrected chi connectivity index (χ3v) is 2.52. The Labute approximate surface area is 119 Å². The zero-order chi connectivity index (χ0) is 14.3. The van der Waals surface area contributed by atoms with Gasteiger partial charge in [-0.1, -0.05) is 70.2 Å². The molecule has 1 heteroatoms. The molecule has 0 fully saturated rings. The predicted octanol–water partition coefficient (Wildman–Crippen LogP) is 5.73. The number of ether oxygens (including phenoxy) is 1. The van der Waals surface area contributed by atoms with Gasteiger partial charge in [0.2, 0.25) is 0 Å². The highest BCUT2D eigenvalue weighted by Crippen LogP contribution is 2.14. The van der Waals surface area contributed by atoms with E-state index in [0.29, 0.717) is 6.61 Å². The normalized spacial score (nSPS) is 14.7. The number of rotatable bonds is 7. The van der Waals surface area contributed by atoms with Gasteiger partial charge in [-0.25, -0.2) is 0 Å². The summed E-state index contributed by atoms with van der Waals surface area (Å²) >= 11 is 0. The molecular formula is C18H28O. The Morgan fingerprint density at radius 3 is 2.79 bits per heavy atom. The molecule has 1 rings (SSSR count). The predicted molar refractivity (Wildman–Crippen MR) is 86.1 cm³/mol. The van der Waals surface area contributed by atoms with Crippen LogP contribution in [0.25, 0.3) is 0 Å². The molecule has 0 saturated heterocycles. The van der Waals surface area contributed by atoms with Crippen LogP contribution in [0.1, 0.15) is 46.5 Å². The van der Waals surface area contributed by atoms with Crippen molar-refractivity contribution in [1.82, 2.24) is 0 Å². The van der Waals surface area contributed by atoms with E-state index >= 15 is 0 Å². The standard InChI is InChI=1S/C16H22O.C2H6/c1-3-5-7-11-15(10-4-2)14-17-16-12-8-6-9-13-16;1-2/h4,6-8,10-12H,2-3,5,9,13-14H2,1H3;1-2H3/b11-7-,15-10+;. The Balaban J connectivity index is 0.00000154. The van der Waals surface area contributed by atoms with E-state index < -0.39 is 0 Å². The van der Waals surface area contributed by atoms with Gasteiger partial charge in [0.25, 0.3) is 0 Å². The van der Waals surface area contributed by atoms with Crippen LogP contribution in [0, 0.1) is 0 Å². The van der Waals surface area contributed by atoms with Crippen molar-refractivity contribution in [2.24, 2.45) is 0 Å². The summed E-state index contributed by atoms with van der Waals surface area (Å²) in [5, 5.41) is 0. The maximum Gasteiger partial charge on any atom is 0.113 e. The quantitative estimate of drug-likeness (QED) is 0.531. The van der Waals surface area contributed by atoms with Crippen LogP contribution in [-0.2, 0) is 4.74 Å². The Hall–Kier alpha value is -1.50. The van der Waals surface area contributed by atoms with Gasteiger partial charge in [-0.3, -0.25) is 0 Å². The Kier molecular flexibility index (Phi) is 11.9. The highest BCUT2D eigenvalue weighted by molar-refractivity contribution is 5.24. The molecule has 0 aromatic heterocycles. The third-order valence-electron chi connectivity index (χ3n) is 2.52. The zero-order valence-corrected chi connectivity index (χ0v) is 12.7. The minimum Gasteiger partial charge on any atom is -0.493 e. The van der Waals surface area contributed by atoms with Gasteiger partial charge in [0, 0.05) is 6.42 Å². The van der Waals surface area contributed by atoms with Crippen LogP contribution in [0.5, 0.6) is 0 Å². The zero-order valence-electron chi connectivity index (χ0n) is 12.7. The van der Waals surface area contributed by atoms with Crippen molar-refractivity contribution in [3.05, 3.63) is 60.4 Å². The van der Waals surface area contributed by atoms with Crippen molar-refractivity contribution in [2.75, 3.05) is 6.61 Å². The lowest BCUT2D eigenvalue weighted by molar-refractivity contribution is 0.230. The first-order valence-corrected chi connectivity index (χ1v) is 7.33. The highest BCUT2D eigenvalue weighted by Gasteiger charge is 2.01. The SMILES string of the molecule is C=C/C=C(\C=C/CCC)COC1=CC=CCC1.CC. The Morgan fingerprint density at radius 2 is 2.21 bits per heavy atom. The third kappa shape index (κ3) is 9.12. The number of unbranched alkanes of at least 4 members (excludes halogenated alkanes) is 1. The van der Waals surface area contributed by atoms with E-state index in [1.54, 1.807) is 0 Å². The van der Waals surface area contributed by atoms with E-state index in [9.17, 15) is 0 Å². The van der Waals surface area contributed by atoms with Gasteiger partial charge in [-0.15, -0.1) is 0 Å². The van der Waals surface area contributed by atoms with Crippen LogP contribution in [0.2, 0.25) is 0 Å². The summed E-state index contributed by atoms with van der Waals surface area (Å²) in [7, 11) is 0. The second kappa shape index (κ2) is 12.9. The molecule has 0 heterocycles. The molecule has 0 amide bonds. The Bertz CT molecular complexity index is 343. The maximum atomic E-state index is 5.77. The monoisotopic (exact) mass is 260 g/mol. The maximum absolute atomic E-state index is 5.77. The fourth-order valence-corrected chi connectivity index (χ4v) is 1.58. The van der Waals surface area contributed by atoms with Gasteiger partial charge >= 0.3 is 0 Å². The lowest BCUT2D eigenvalue weighted by atomic mass is 10.1. The van der Waals surface area contributed by atoms with E-state index in [0.717, 1.165) is 25.0 Å². The number of hydrogen-bond acceptors (Lipinski definition) is 1. The molecule has 0 aromatic carbocycles. The second-order valence-corrected chi connectivity index (χ2v) is 4.06. The molecule has 0 radical (unpaired) electrons. The summed E-state index contributed by atoms with van der Waals surface area (Å²) in [4.78, 5) is 0. The summed E-state index contributed by atoms with van der Waals surface area (Å²) in [6, 6.07) is 0. The lowest BCUT2D eigenvalue weighted by Gasteiger charge is -2.11. The van der Waals surface area contributed by atoms with E-state index in [1.165, 1.54) is 12.0 Å². The molecule has 1 aliphatic rings. The van der Waals surface area contributed by atoms with Crippen molar-refractivity contribution in [3.8, 4) is 0 Å². The van der Waals surface area contributed by atoms with Crippen molar-refractivity contribution in [1.29, 1.82) is 0 Å². The smallest absolute Gasteiger partial charge is 0.113 e. The molecule has 0 aromatic rings. The Morgan fingerprint density at radius 1 is 1.42 bits per heavy atom. The first-order chi connectivity index (χ1) is 9.36. The van der Waals surface area contributed by atoms with Gasteiger partial charge in [-0.05, 0) is 24.5 Å². The fraction of sp³-hybridized carbons (Fsp3) is 0.444. The first kappa shape index (κ1) is 17.5. The highest BCUT2D eigenvalue weighted by atomic mass is 16.5. The average molecular weight is 260 g/mol. The molecule has 1 nitrogen and oxygen atoms in total. The van der Waals surface area contributed by atoms with Crippen LogP contribution >= 0.6 is 0 Å². The molecule has 0 saturated carbocycles. The molecule has 0 bridgehead atoms. The molecule has 106 valence electrons. The van der Waals surface area contributed by atoms with Crippen LogP contribution < -0.4 is 0 Å². The fourth-order valence-electron chi connectivity index (χ4n) is 1.58. The van der Waals surface area contributed by atoms with Crippen LogP contribution in [-0.4, -0.2) is 6.61 Å². The van der Waals surface area contributed by atoms with Crippen molar-refractivity contribution in [3.63, 3.8) is 0 Å². The van der Waals surface area contributed by atoms with Crippen LogP contribution in [0.15, 0.2) is 60.4 Å². The van der Waals surface area contributed by atoms with Gasteiger partial charge in [0.05, 0.1) is 5.76 Å². The largest absolute Gasteiger partial charge is 0.493 e. The summed E-state index contributed by atoms with van der Waals surface area (Å²) in [6.45, 7) is 10.5. The number of allylic oxidation sites excluding steroid dienone is 7. The summed E-state index contributed by atoms with van der Waals surface area (Å²) in [6.07, 6.45) is 18.8. The molecular weight excluding hydrogens is 232 g/mol. The van der Waals surface area contributed by atoms with Crippen LogP contribution in [0.4, 0.5) is 0 Å². The second-order valence-electron chi connectivity index (χ2n) is 4.06. The molecule has 0 aliphatic heterocycles. The summed E-state index contributed by atoms with van der Waals surface area (Å²) < 4.78 is 5.77. The molecule has 0 spiro atoms. The summed E-state index contributed by atoms with van der Waals surface area (Å²) in [5.74, 6) is 1.08. The minimum absolute atomic E-state index is 0.631. The molecule has 0 atom stereocenters. The topological polar surface area (TPSA) is 9.23 Å². The van der Waals surface area contributed by atoms with E-state index in [1.807, 2.05) is 32.1 Å². The minimum atomic E-state index is 0.631. The first-order valence-electron chi connectivity index (χ1n) is 7.33. The van der Waals surface area contributed by atoms with Gasteiger partial charge in [-0.2, -0.15) is 0 Å². The molecule has 0 unspecified atom stereocenters. The number of hydrogen-bond donors (Lipinski definition) is 0. The average Bonchev–Trinajstić information content (AvgIpc) is 2.48. The molecule has 1 aliphatic carbocycles. The van der Waals surface area contributed by atoms with Gasteiger partial charge in [0.15, 0.2) is 0 Å².